The van der Waals surface area contributed by atoms with Crippen LogP contribution >= 0.6 is 11.6 Å². The van der Waals surface area contributed by atoms with Crippen molar-refractivity contribution in [1.29, 1.82) is 0 Å². The molecule has 0 heterocycles. The first-order valence-electron chi connectivity index (χ1n) is 6.23. The van der Waals surface area contributed by atoms with Gasteiger partial charge in [-0.25, -0.2) is 26.3 Å². The van der Waals surface area contributed by atoms with E-state index >= 15 is 0 Å². The van der Waals surface area contributed by atoms with Gasteiger partial charge >= 0.3 is 6.18 Å². The first kappa shape index (κ1) is 20.2. The van der Waals surface area contributed by atoms with Crippen LogP contribution in [0.4, 0.5) is 13.2 Å². The van der Waals surface area contributed by atoms with Crippen molar-refractivity contribution in [2.24, 2.45) is 0 Å². The van der Waals surface area contributed by atoms with E-state index in [1.165, 1.54) is 6.92 Å². The smallest absolute Gasteiger partial charge is 0.214 e. The Balaban J connectivity index is 2.93. The first-order valence-corrected chi connectivity index (χ1v) is 9.74. The predicted molar refractivity (Wildman–Crippen MR) is 79.1 cm³/mol. The number of nitrogens with one attached hydrogen (secondary N) is 2. The number of benzene rings is 1. The quantitative estimate of drug-likeness (QED) is 0.687. The van der Waals surface area contributed by atoms with E-state index in [0.29, 0.717) is 6.07 Å². The number of alkyl halides is 3. The van der Waals surface area contributed by atoms with Crippen LogP contribution in [-0.2, 0) is 26.2 Å². The maximum absolute atomic E-state index is 12.9. The van der Waals surface area contributed by atoms with Gasteiger partial charge in [0.2, 0.25) is 20.0 Å². The molecule has 0 aliphatic rings. The van der Waals surface area contributed by atoms with E-state index in [4.69, 9.17) is 11.6 Å². The molecule has 0 saturated heterocycles. The third-order valence-corrected chi connectivity index (χ3v) is 5.81. The van der Waals surface area contributed by atoms with Crippen LogP contribution in [0, 0.1) is 0 Å². The van der Waals surface area contributed by atoms with Crippen LogP contribution in [0.25, 0.3) is 0 Å². The second kappa shape index (κ2) is 7.34. The number of sulfonamides is 2. The zero-order valence-corrected chi connectivity index (χ0v) is 14.2. The van der Waals surface area contributed by atoms with Crippen molar-refractivity contribution in [3.05, 3.63) is 28.8 Å². The normalized spacial score (nSPS) is 13.3. The summed E-state index contributed by atoms with van der Waals surface area (Å²) in [5.41, 5.74) is -1.40. The summed E-state index contributed by atoms with van der Waals surface area (Å²) in [6.07, 6.45) is -4.90. The minimum atomic E-state index is -4.90. The fourth-order valence-electron chi connectivity index (χ4n) is 1.53. The van der Waals surface area contributed by atoms with Gasteiger partial charge in [-0.15, -0.1) is 0 Å². The van der Waals surface area contributed by atoms with E-state index in [2.05, 4.69) is 4.72 Å². The Morgan fingerprint density at radius 1 is 1.09 bits per heavy atom. The number of hydrogen-bond donors (Lipinski definition) is 2. The first-order chi connectivity index (χ1) is 10.4. The van der Waals surface area contributed by atoms with Gasteiger partial charge in [0.1, 0.15) is 0 Å². The van der Waals surface area contributed by atoms with Crippen molar-refractivity contribution in [1.82, 2.24) is 9.44 Å². The zero-order valence-electron chi connectivity index (χ0n) is 11.8. The lowest BCUT2D eigenvalue weighted by atomic mass is 10.2. The Kier molecular flexibility index (Phi) is 6.44. The lowest BCUT2D eigenvalue weighted by Crippen LogP contribution is -2.35. The summed E-state index contributed by atoms with van der Waals surface area (Å²) in [6, 6.07) is 2.27. The lowest BCUT2D eigenvalue weighted by molar-refractivity contribution is -0.139. The SMILES string of the molecule is CCS(=O)(=O)NCCNS(=O)(=O)c1ccc(Cl)cc1C(F)(F)F. The standard InChI is InChI=1S/C11H14ClF3N2O4S2/c1-2-22(18,19)16-5-6-17-23(20,21)10-4-3-8(12)7-9(10)11(13,14)15/h3-4,7,16-17H,2,5-6H2,1H3. The number of hydrogen-bond acceptors (Lipinski definition) is 4. The molecule has 0 fully saturated rings. The molecule has 0 unspecified atom stereocenters. The molecule has 12 heteroatoms. The van der Waals surface area contributed by atoms with Crippen molar-refractivity contribution in [3.63, 3.8) is 0 Å². The predicted octanol–water partition coefficient (Wildman–Crippen LogP) is 1.58. The van der Waals surface area contributed by atoms with E-state index in [-0.39, 0.29) is 17.3 Å². The summed E-state index contributed by atoms with van der Waals surface area (Å²) < 4.78 is 89.0. The summed E-state index contributed by atoms with van der Waals surface area (Å²) in [7, 11) is -8.00. The molecule has 0 atom stereocenters. The third kappa shape index (κ3) is 5.92. The summed E-state index contributed by atoms with van der Waals surface area (Å²) in [4.78, 5) is -0.979. The van der Waals surface area contributed by atoms with E-state index in [1.54, 1.807) is 0 Å². The van der Waals surface area contributed by atoms with Crippen molar-refractivity contribution < 1.29 is 30.0 Å². The van der Waals surface area contributed by atoms with Gasteiger partial charge in [0.05, 0.1) is 16.2 Å². The molecule has 0 spiro atoms. The van der Waals surface area contributed by atoms with Gasteiger partial charge in [0.25, 0.3) is 0 Å². The van der Waals surface area contributed by atoms with E-state index < -0.39 is 43.2 Å². The molecule has 0 aromatic heterocycles. The van der Waals surface area contributed by atoms with Crippen molar-refractivity contribution in [3.8, 4) is 0 Å². The summed E-state index contributed by atoms with van der Waals surface area (Å²) in [5, 5.41) is -0.257. The van der Waals surface area contributed by atoms with Crippen LogP contribution < -0.4 is 9.44 Å². The minimum absolute atomic E-state index is 0.199. The average Bonchev–Trinajstić information content (AvgIpc) is 2.42. The molecular formula is C11H14ClF3N2O4S2. The Morgan fingerprint density at radius 2 is 1.65 bits per heavy atom. The molecular weight excluding hydrogens is 381 g/mol. The number of halogens is 4. The molecule has 0 saturated carbocycles. The Bertz CT molecular complexity index is 764. The maximum Gasteiger partial charge on any atom is 0.417 e. The van der Waals surface area contributed by atoms with Crippen molar-refractivity contribution >= 4 is 31.6 Å². The zero-order chi connectivity index (χ0) is 17.9. The molecule has 0 bridgehead atoms. The molecule has 2 N–H and O–H groups in total. The lowest BCUT2D eigenvalue weighted by Gasteiger charge is -2.14. The fraction of sp³-hybridized carbons (Fsp3) is 0.455. The van der Waals surface area contributed by atoms with Gasteiger partial charge in [-0.05, 0) is 25.1 Å². The van der Waals surface area contributed by atoms with Gasteiger partial charge < -0.3 is 0 Å². The molecule has 0 radical (unpaired) electrons. The van der Waals surface area contributed by atoms with Crippen molar-refractivity contribution in [2.45, 2.75) is 18.0 Å². The van der Waals surface area contributed by atoms with Gasteiger partial charge in [0, 0.05) is 18.1 Å². The van der Waals surface area contributed by atoms with Gasteiger partial charge in [-0.3, -0.25) is 0 Å². The maximum atomic E-state index is 12.9. The summed E-state index contributed by atoms with van der Waals surface area (Å²) >= 11 is 5.47. The van der Waals surface area contributed by atoms with E-state index in [0.717, 1.165) is 12.1 Å². The van der Waals surface area contributed by atoms with Crippen LogP contribution in [0.5, 0.6) is 0 Å². The summed E-state index contributed by atoms with van der Waals surface area (Å²) in [6.45, 7) is 0.696. The van der Waals surface area contributed by atoms with Gasteiger partial charge in [0.15, 0.2) is 0 Å². The van der Waals surface area contributed by atoms with E-state index in [9.17, 15) is 30.0 Å². The van der Waals surface area contributed by atoms with Crippen LogP contribution in [0.3, 0.4) is 0 Å². The second-order valence-corrected chi connectivity index (χ2v) is 8.60. The van der Waals surface area contributed by atoms with E-state index in [1.807, 2.05) is 4.72 Å². The second-order valence-electron chi connectivity index (χ2n) is 4.33. The highest BCUT2D eigenvalue weighted by molar-refractivity contribution is 7.89. The highest BCUT2D eigenvalue weighted by atomic mass is 35.5. The van der Waals surface area contributed by atoms with Crippen LogP contribution in [0.15, 0.2) is 23.1 Å². The molecule has 0 aliphatic carbocycles. The minimum Gasteiger partial charge on any atom is -0.214 e. The molecule has 1 aromatic carbocycles. The summed E-state index contributed by atoms with van der Waals surface area (Å²) in [5.74, 6) is -0.199. The highest BCUT2D eigenvalue weighted by Gasteiger charge is 2.37. The van der Waals surface area contributed by atoms with Crippen LogP contribution in [-0.4, -0.2) is 35.7 Å². The Morgan fingerprint density at radius 3 is 2.17 bits per heavy atom. The van der Waals surface area contributed by atoms with Crippen LogP contribution in [0.2, 0.25) is 5.02 Å². The van der Waals surface area contributed by atoms with Gasteiger partial charge in [-0.1, -0.05) is 11.6 Å². The molecule has 23 heavy (non-hydrogen) atoms. The molecule has 0 aliphatic heterocycles. The largest absolute Gasteiger partial charge is 0.417 e. The molecule has 1 aromatic rings. The monoisotopic (exact) mass is 394 g/mol. The molecule has 132 valence electrons. The average molecular weight is 395 g/mol. The number of rotatable bonds is 7. The highest BCUT2D eigenvalue weighted by Crippen LogP contribution is 2.35. The molecule has 6 nitrogen and oxygen atoms in total. The molecule has 0 amide bonds. The van der Waals surface area contributed by atoms with Crippen molar-refractivity contribution in [2.75, 3.05) is 18.8 Å². The fourth-order valence-corrected chi connectivity index (χ4v) is 3.56. The Hall–Kier alpha value is -0.880. The molecule has 1 rings (SSSR count). The van der Waals surface area contributed by atoms with Gasteiger partial charge in [-0.2, -0.15) is 13.2 Å². The van der Waals surface area contributed by atoms with Crippen LogP contribution in [0.1, 0.15) is 12.5 Å². The Labute approximate surface area is 137 Å². The third-order valence-electron chi connectivity index (χ3n) is 2.66. The topological polar surface area (TPSA) is 92.3 Å².